The zero-order chi connectivity index (χ0) is 15.6. The van der Waals surface area contributed by atoms with Crippen molar-refractivity contribution in [3.63, 3.8) is 0 Å². The number of nitrogens with two attached hydrogens (primary N) is 1. The van der Waals surface area contributed by atoms with Crippen LogP contribution in [-0.2, 0) is 14.8 Å². The fourth-order valence-corrected chi connectivity index (χ4v) is 3.12. The van der Waals surface area contributed by atoms with Gasteiger partial charge in [-0.05, 0) is 43.4 Å². The molecule has 5 nitrogen and oxygen atoms in total. The van der Waals surface area contributed by atoms with E-state index in [9.17, 15) is 17.6 Å². The molecule has 0 bridgehead atoms. The lowest BCUT2D eigenvalue weighted by Crippen LogP contribution is -2.24. The number of rotatable bonds is 3. The molecule has 7 heteroatoms. The van der Waals surface area contributed by atoms with Crippen molar-refractivity contribution in [3.05, 3.63) is 29.6 Å². The van der Waals surface area contributed by atoms with Gasteiger partial charge < -0.3 is 4.74 Å². The summed E-state index contributed by atoms with van der Waals surface area (Å²) in [5.74, 6) is -1.09. The molecule has 1 aromatic carbocycles. The number of hydrogen-bond donors (Lipinski definition) is 1. The van der Waals surface area contributed by atoms with Gasteiger partial charge in [-0.2, -0.15) is 0 Å². The quantitative estimate of drug-likeness (QED) is 0.866. The Morgan fingerprint density at radius 1 is 1.33 bits per heavy atom. The topological polar surface area (TPSA) is 86.5 Å². The number of carbonyl (C=O) groups is 1. The average molecular weight is 315 g/mol. The second kappa shape index (κ2) is 6.11. The van der Waals surface area contributed by atoms with Crippen LogP contribution in [0.15, 0.2) is 23.1 Å². The van der Waals surface area contributed by atoms with Crippen LogP contribution in [0.2, 0.25) is 0 Å². The van der Waals surface area contributed by atoms with E-state index in [0.29, 0.717) is 5.92 Å². The standard InChI is InChI=1S/C14H18FNO4S/c1-9-3-2-4-12(5-9)20-14(17)10-6-11(15)8-13(7-10)21(16,18)19/h6-9,12H,2-5H2,1H3,(H2,16,18,19). The molecule has 21 heavy (non-hydrogen) atoms. The first kappa shape index (κ1) is 15.9. The average Bonchev–Trinajstić information content (AvgIpc) is 2.37. The van der Waals surface area contributed by atoms with Gasteiger partial charge in [0, 0.05) is 0 Å². The first-order chi connectivity index (χ1) is 9.75. The fraction of sp³-hybridized carbons (Fsp3) is 0.500. The summed E-state index contributed by atoms with van der Waals surface area (Å²) in [6.07, 6.45) is 3.41. The van der Waals surface area contributed by atoms with Crippen molar-refractivity contribution in [1.29, 1.82) is 0 Å². The minimum absolute atomic E-state index is 0.141. The van der Waals surface area contributed by atoms with Crippen molar-refractivity contribution in [2.24, 2.45) is 11.1 Å². The number of esters is 1. The lowest BCUT2D eigenvalue weighted by molar-refractivity contribution is 0.0154. The Morgan fingerprint density at radius 2 is 2.05 bits per heavy atom. The SMILES string of the molecule is CC1CCCC(OC(=O)c2cc(F)cc(S(N)(=O)=O)c2)C1. The third-order valence-corrected chi connectivity index (χ3v) is 4.49. The summed E-state index contributed by atoms with van der Waals surface area (Å²) in [6.45, 7) is 2.08. The van der Waals surface area contributed by atoms with Crippen LogP contribution in [0.3, 0.4) is 0 Å². The second-order valence-electron chi connectivity index (χ2n) is 5.52. The number of carbonyl (C=O) groups excluding carboxylic acids is 1. The van der Waals surface area contributed by atoms with Crippen LogP contribution in [-0.4, -0.2) is 20.5 Å². The fourth-order valence-electron chi connectivity index (χ4n) is 2.55. The molecule has 1 aliphatic carbocycles. The molecule has 1 saturated carbocycles. The van der Waals surface area contributed by atoms with Gasteiger partial charge in [0.25, 0.3) is 0 Å². The van der Waals surface area contributed by atoms with Gasteiger partial charge in [-0.15, -0.1) is 0 Å². The molecule has 2 rings (SSSR count). The second-order valence-corrected chi connectivity index (χ2v) is 7.08. The Balaban J connectivity index is 2.17. The molecule has 0 heterocycles. The lowest BCUT2D eigenvalue weighted by Gasteiger charge is -2.26. The van der Waals surface area contributed by atoms with Gasteiger partial charge in [-0.25, -0.2) is 22.7 Å². The summed E-state index contributed by atoms with van der Waals surface area (Å²) < 4.78 is 41.3. The maximum Gasteiger partial charge on any atom is 0.338 e. The van der Waals surface area contributed by atoms with Crippen LogP contribution in [0.1, 0.15) is 43.0 Å². The summed E-state index contributed by atoms with van der Waals surface area (Å²) in [5, 5.41) is 4.95. The first-order valence-corrected chi connectivity index (χ1v) is 8.34. The van der Waals surface area contributed by atoms with E-state index in [4.69, 9.17) is 9.88 Å². The van der Waals surface area contributed by atoms with E-state index in [2.05, 4.69) is 6.92 Å². The zero-order valence-electron chi connectivity index (χ0n) is 11.7. The molecule has 0 saturated heterocycles. The molecule has 116 valence electrons. The molecule has 2 unspecified atom stereocenters. The van der Waals surface area contributed by atoms with Crippen LogP contribution in [0.4, 0.5) is 4.39 Å². The summed E-state index contributed by atoms with van der Waals surface area (Å²) in [5.41, 5.74) is -0.141. The van der Waals surface area contributed by atoms with Crippen molar-refractivity contribution in [3.8, 4) is 0 Å². The van der Waals surface area contributed by atoms with E-state index in [1.54, 1.807) is 0 Å². The van der Waals surface area contributed by atoms with Crippen molar-refractivity contribution in [2.75, 3.05) is 0 Å². The smallest absolute Gasteiger partial charge is 0.338 e. The highest BCUT2D eigenvalue weighted by atomic mass is 32.2. The van der Waals surface area contributed by atoms with E-state index in [-0.39, 0.29) is 11.7 Å². The number of ether oxygens (including phenoxy) is 1. The molecule has 1 aliphatic rings. The van der Waals surface area contributed by atoms with Crippen molar-refractivity contribution < 1.29 is 22.3 Å². The van der Waals surface area contributed by atoms with Crippen LogP contribution in [0.5, 0.6) is 0 Å². The maximum absolute atomic E-state index is 13.4. The highest BCUT2D eigenvalue weighted by Crippen LogP contribution is 2.26. The van der Waals surface area contributed by atoms with Gasteiger partial charge in [0.05, 0.1) is 10.5 Å². The molecular formula is C14H18FNO4S. The third-order valence-electron chi connectivity index (χ3n) is 3.60. The summed E-state index contributed by atoms with van der Waals surface area (Å²) >= 11 is 0. The number of sulfonamides is 1. The minimum Gasteiger partial charge on any atom is -0.459 e. The molecule has 0 radical (unpaired) electrons. The van der Waals surface area contributed by atoms with Crippen LogP contribution in [0.25, 0.3) is 0 Å². The molecule has 2 atom stereocenters. The predicted molar refractivity (Wildman–Crippen MR) is 74.6 cm³/mol. The Morgan fingerprint density at radius 3 is 2.67 bits per heavy atom. The van der Waals surface area contributed by atoms with Crippen LogP contribution in [0, 0.1) is 11.7 Å². The molecule has 2 N–H and O–H groups in total. The van der Waals surface area contributed by atoms with E-state index < -0.39 is 26.7 Å². The van der Waals surface area contributed by atoms with Crippen molar-refractivity contribution in [1.82, 2.24) is 0 Å². The van der Waals surface area contributed by atoms with Gasteiger partial charge in [-0.3, -0.25) is 0 Å². The Labute approximate surface area is 123 Å². The van der Waals surface area contributed by atoms with Gasteiger partial charge in [0.15, 0.2) is 0 Å². The summed E-state index contributed by atoms with van der Waals surface area (Å²) in [6, 6.07) is 2.76. The molecule has 0 spiro atoms. The Bertz CT molecular complexity index is 644. The monoisotopic (exact) mass is 315 g/mol. The molecule has 1 fully saturated rings. The maximum atomic E-state index is 13.4. The van der Waals surface area contributed by atoms with Gasteiger partial charge in [0.1, 0.15) is 11.9 Å². The first-order valence-electron chi connectivity index (χ1n) is 6.80. The van der Waals surface area contributed by atoms with E-state index in [0.717, 1.165) is 43.9 Å². The largest absolute Gasteiger partial charge is 0.459 e. The summed E-state index contributed by atoms with van der Waals surface area (Å²) in [4.78, 5) is 11.6. The molecule has 0 amide bonds. The van der Waals surface area contributed by atoms with E-state index >= 15 is 0 Å². The predicted octanol–water partition coefficient (Wildman–Crippen LogP) is 2.21. The Kier molecular flexibility index (Phi) is 4.63. The zero-order valence-corrected chi connectivity index (χ0v) is 12.5. The third kappa shape index (κ3) is 4.25. The van der Waals surface area contributed by atoms with E-state index in [1.165, 1.54) is 0 Å². The Hall–Kier alpha value is -1.47. The number of benzene rings is 1. The molecular weight excluding hydrogens is 297 g/mol. The highest BCUT2D eigenvalue weighted by Gasteiger charge is 2.24. The van der Waals surface area contributed by atoms with Crippen LogP contribution < -0.4 is 5.14 Å². The highest BCUT2D eigenvalue weighted by molar-refractivity contribution is 7.89. The normalized spacial score (nSPS) is 22.8. The van der Waals surface area contributed by atoms with Crippen molar-refractivity contribution in [2.45, 2.75) is 43.6 Å². The molecule has 0 aromatic heterocycles. The molecule has 0 aliphatic heterocycles. The van der Waals surface area contributed by atoms with Gasteiger partial charge in [-0.1, -0.05) is 13.3 Å². The lowest BCUT2D eigenvalue weighted by atomic mass is 9.89. The van der Waals surface area contributed by atoms with E-state index in [1.807, 2.05) is 0 Å². The molecule has 1 aromatic rings. The van der Waals surface area contributed by atoms with Crippen molar-refractivity contribution >= 4 is 16.0 Å². The summed E-state index contributed by atoms with van der Waals surface area (Å²) in [7, 11) is -4.07. The number of halogens is 1. The number of primary sulfonamides is 1. The van der Waals surface area contributed by atoms with Crippen LogP contribution >= 0.6 is 0 Å². The van der Waals surface area contributed by atoms with Gasteiger partial charge >= 0.3 is 5.97 Å². The minimum atomic E-state index is -4.07. The van der Waals surface area contributed by atoms with Gasteiger partial charge in [0.2, 0.25) is 10.0 Å². The number of hydrogen-bond acceptors (Lipinski definition) is 4.